The number of nitrogens with zero attached hydrogens (tertiary/aromatic N) is 3. The van der Waals surface area contributed by atoms with Crippen molar-refractivity contribution in [2.24, 2.45) is 5.41 Å². The summed E-state index contributed by atoms with van der Waals surface area (Å²) in [6.07, 6.45) is 3.72. The molecule has 0 N–H and O–H groups in total. The summed E-state index contributed by atoms with van der Waals surface area (Å²) in [6, 6.07) is 10.3. The first-order valence-electron chi connectivity index (χ1n) is 9.22. The van der Waals surface area contributed by atoms with Crippen LogP contribution in [0.4, 0.5) is 0 Å². The highest BCUT2D eigenvalue weighted by Gasteiger charge is 2.50. The van der Waals surface area contributed by atoms with Gasteiger partial charge in [-0.05, 0) is 32.0 Å². The monoisotopic (exact) mass is 343 g/mol. The fourth-order valence-electron chi connectivity index (χ4n) is 3.60. The van der Waals surface area contributed by atoms with E-state index in [1.807, 2.05) is 30.3 Å². The molecule has 3 rings (SSSR count). The second kappa shape index (κ2) is 7.67. The Morgan fingerprint density at radius 3 is 2.68 bits per heavy atom. The largest absolute Gasteiger partial charge is 0.419 e. The molecule has 2 aromatic rings. The third kappa shape index (κ3) is 3.93. The van der Waals surface area contributed by atoms with Crippen molar-refractivity contribution < 1.29 is 9.15 Å². The van der Waals surface area contributed by atoms with Gasteiger partial charge < -0.3 is 9.15 Å². The summed E-state index contributed by atoms with van der Waals surface area (Å²) >= 11 is 0. The lowest BCUT2D eigenvalue weighted by atomic mass is 9.64. The molecule has 1 aliphatic carbocycles. The maximum atomic E-state index is 6.05. The summed E-state index contributed by atoms with van der Waals surface area (Å²) in [7, 11) is 2.13. The minimum atomic E-state index is 0.144. The van der Waals surface area contributed by atoms with Crippen molar-refractivity contribution in [1.29, 1.82) is 0 Å². The molecule has 0 unspecified atom stereocenters. The maximum Gasteiger partial charge on any atom is 0.247 e. The minimum absolute atomic E-state index is 0.144. The molecular weight excluding hydrogens is 314 g/mol. The Hall–Kier alpha value is -1.72. The van der Waals surface area contributed by atoms with E-state index in [1.54, 1.807) is 0 Å². The van der Waals surface area contributed by atoms with Gasteiger partial charge in [-0.1, -0.05) is 45.4 Å². The smallest absolute Gasteiger partial charge is 0.247 e. The fourth-order valence-corrected chi connectivity index (χ4v) is 3.60. The Balaban J connectivity index is 1.56. The lowest BCUT2D eigenvalue weighted by molar-refractivity contribution is -0.150. The van der Waals surface area contributed by atoms with Crippen molar-refractivity contribution >= 4 is 0 Å². The summed E-state index contributed by atoms with van der Waals surface area (Å²) in [5.41, 5.74) is 1.10. The molecule has 136 valence electrons. The van der Waals surface area contributed by atoms with Crippen LogP contribution in [-0.2, 0) is 11.3 Å². The highest BCUT2D eigenvalue weighted by Crippen LogP contribution is 2.45. The highest BCUT2D eigenvalue weighted by atomic mass is 16.5. The van der Waals surface area contributed by atoms with Crippen LogP contribution in [0, 0.1) is 5.41 Å². The number of benzene rings is 1. The van der Waals surface area contributed by atoms with Crippen LogP contribution in [0.5, 0.6) is 0 Å². The zero-order chi connectivity index (χ0) is 17.9. The Bertz CT molecular complexity index is 669. The molecule has 1 aliphatic rings. The number of hydrogen-bond donors (Lipinski definition) is 0. The summed E-state index contributed by atoms with van der Waals surface area (Å²) < 4.78 is 11.9. The molecule has 0 spiro atoms. The lowest BCUT2D eigenvalue weighted by Gasteiger charge is -2.54. The summed E-state index contributed by atoms with van der Waals surface area (Å²) in [5, 5.41) is 8.39. The molecule has 0 aliphatic heterocycles. The Morgan fingerprint density at radius 2 is 2.00 bits per heavy atom. The predicted molar refractivity (Wildman–Crippen MR) is 98.0 cm³/mol. The number of hydrogen-bond acceptors (Lipinski definition) is 5. The molecule has 1 aromatic heterocycles. The van der Waals surface area contributed by atoms with E-state index in [-0.39, 0.29) is 5.41 Å². The first-order valence-corrected chi connectivity index (χ1v) is 9.22. The van der Waals surface area contributed by atoms with Gasteiger partial charge in [-0.2, -0.15) is 0 Å². The van der Waals surface area contributed by atoms with E-state index in [9.17, 15) is 0 Å². The zero-order valence-electron chi connectivity index (χ0n) is 15.7. The molecule has 0 saturated heterocycles. The van der Waals surface area contributed by atoms with Gasteiger partial charge in [-0.15, -0.1) is 10.2 Å². The summed E-state index contributed by atoms with van der Waals surface area (Å²) in [4.78, 5) is 2.31. The van der Waals surface area contributed by atoms with Crippen LogP contribution in [0.3, 0.4) is 0 Å². The van der Waals surface area contributed by atoms with Gasteiger partial charge in [0, 0.05) is 23.6 Å². The molecule has 5 nitrogen and oxygen atoms in total. The minimum Gasteiger partial charge on any atom is -0.419 e. The molecule has 25 heavy (non-hydrogen) atoms. The van der Waals surface area contributed by atoms with E-state index in [2.05, 4.69) is 42.9 Å². The second-order valence-corrected chi connectivity index (χ2v) is 7.57. The van der Waals surface area contributed by atoms with Crippen LogP contribution >= 0.6 is 0 Å². The van der Waals surface area contributed by atoms with E-state index in [4.69, 9.17) is 9.15 Å². The van der Waals surface area contributed by atoms with Gasteiger partial charge in [0.25, 0.3) is 0 Å². The van der Waals surface area contributed by atoms with Crippen molar-refractivity contribution in [2.75, 3.05) is 13.7 Å². The number of unbranched alkanes of at least 4 members (excludes halogenated alkanes) is 1. The zero-order valence-corrected chi connectivity index (χ0v) is 15.7. The maximum absolute atomic E-state index is 6.05. The standard InChI is InChI=1S/C20H29N3O2/c1-5-6-12-24-17-13-16(20(17,2)3)23(4)14-18-21-22-19(25-18)15-10-8-7-9-11-15/h7-11,16-17H,5-6,12-14H2,1-4H3/t16-,17-/m1/s1. The van der Waals surface area contributed by atoms with Gasteiger partial charge in [0.15, 0.2) is 0 Å². The summed E-state index contributed by atoms with van der Waals surface area (Å²) in [5.74, 6) is 1.24. The fraction of sp³-hybridized carbons (Fsp3) is 0.600. The topological polar surface area (TPSA) is 51.4 Å². The Kier molecular flexibility index (Phi) is 5.54. The molecule has 1 aromatic carbocycles. The van der Waals surface area contributed by atoms with Crippen LogP contribution in [0.15, 0.2) is 34.7 Å². The first kappa shape index (κ1) is 18.1. The van der Waals surface area contributed by atoms with Crippen LogP contribution in [0.2, 0.25) is 0 Å². The number of rotatable bonds is 8. The molecule has 2 atom stereocenters. The van der Waals surface area contributed by atoms with E-state index >= 15 is 0 Å². The molecule has 5 heteroatoms. The molecule has 0 amide bonds. The van der Waals surface area contributed by atoms with Gasteiger partial charge in [0.1, 0.15) is 0 Å². The Labute approximate surface area is 150 Å². The van der Waals surface area contributed by atoms with Crippen LogP contribution in [-0.4, -0.2) is 40.9 Å². The van der Waals surface area contributed by atoms with Gasteiger partial charge >= 0.3 is 0 Å². The van der Waals surface area contributed by atoms with Crippen molar-refractivity contribution in [3.63, 3.8) is 0 Å². The van der Waals surface area contributed by atoms with Gasteiger partial charge in [0.05, 0.1) is 12.6 Å². The van der Waals surface area contributed by atoms with E-state index < -0.39 is 0 Å². The van der Waals surface area contributed by atoms with Gasteiger partial charge in [0.2, 0.25) is 11.8 Å². The Morgan fingerprint density at radius 1 is 1.24 bits per heavy atom. The first-order chi connectivity index (χ1) is 12.0. The van der Waals surface area contributed by atoms with Crippen LogP contribution in [0.25, 0.3) is 11.5 Å². The van der Waals surface area contributed by atoms with E-state index in [0.717, 1.165) is 25.0 Å². The number of aromatic nitrogens is 2. The molecule has 0 radical (unpaired) electrons. The van der Waals surface area contributed by atoms with Gasteiger partial charge in [-0.25, -0.2) is 0 Å². The van der Waals surface area contributed by atoms with Crippen LogP contribution in [0.1, 0.15) is 45.9 Å². The van der Waals surface area contributed by atoms with Crippen molar-refractivity contribution in [3.8, 4) is 11.5 Å². The van der Waals surface area contributed by atoms with Gasteiger partial charge in [-0.3, -0.25) is 4.90 Å². The third-order valence-electron chi connectivity index (χ3n) is 5.35. The average molecular weight is 343 g/mol. The second-order valence-electron chi connectivity index (χ2n) is 7.57. The van der Waals surface area contributed by atoms with E-state index in [1.165, 1.54) is 6.42 Å². The quantitative estimate of drug-likeness (QED) is 0.674. The SMILES string of the molecule is CCCCO[C@@H]1C[C@@H](N(C)Cc2nnc(-c3ccccc3)o2)C1(C)C. The van der Waals surface area contributed by atoms with Crippen molar-refractivity contribution in [2.45, 2.75) is 58.7 Å². The molecule has 1 saturated carbocycles. The average Bonchev–Trinajstić information content (AvgIpc) is 3.06. The third-order valence-corrected chi connectivity index (χ3v) is 5.35. The number of ether oxygens (including phenoxy) is 1. The molecule has 1 heterocycles. The predicted octanol–water partition coefficient (Wildman–Crippen LogP) is 4.15. The van der Waals surface area contributed by atoms with E-state index in [0.29, 0.717) is 30.5 Å². The summed E-state index contributed by atoms with van der Waals surface area (Å²) in [6.45, 7) is 8.30. The molecular formula is C20H29N3O2. The molecule has 0 bridgehead atoms. The lowest BCUT2D eigenvalue weighted by Crippen LogP contribution is -2.61. The van der Waals surface area contributed by atoms with Crippen LogP contribution < -0.4 is 0 Å². The van der Waals surface area contributed by atoms with Crippen molar-refractivity contribution in [1.82, 2.24) is 15.1 Å². The highest BCUT2D eigenvalue weighted by molar-refractivity contribution is 5.51. The molecule has 1 fully saturated rings. The normalized spacial score (nSPS) is 22.1. The van der Waals surface area contributed by atoms with Crippen molar-refractivity contribution in [3.05, 3.63) is 36.2 Å².